The topological polar surface area (TPSA) is 120 Å². The molecule has 0 spiro atoms. The van der Waals surface area contributed by atoms with Crippen LogP contribution in [0, 0.1) is 6.92 Å². The third-order valence-electron chi connectivity index (χ3n) is 3.22. The number of hydrogen-bond donors (Lipinski definition) is 1. The number of nitrogens with zero attached hydrogens (tertiary/aromatic N) is 7. The van der Waals surface area contributed by atoms with Crippen LogP contribution in [0.3, 0.4) is 0 Å². The summed E-state index contributed by atoms with van der Waals surface area (Å²) >= 11 is 3.38. The van der Waals surface area contributed by atoms with E-state index in [1.165, 1.54) is 4.68 Å². The molecule has 122 valence electrons. The van der Waals surface area contributed by atoms with Gasteiger partial charge in [-0.1, -0.05) is 33.3 Å². The minimum absolute atomic E-state index is 0.136. The molecule has 0 aliphatic carbocycles. The van der Waals surface area contributed by atoms with Crippen molar-refractivity contribution in [3.8, 4) is 5.82 Å². The number of benzene rings is 1. The van der Waals surface area contributed by atoms with Gasteiger partial charge in [-0.3, -0.25) is 0 Å². The predicted molar refractivity (Wildman–Crippen MR) is 92.3 cm³/mol. The molecule has 0 saturated heterocycles. The second-order valence-corrected chi connectivity index (χ2v) is 5.81. The van der Waals surface area contributed by atoms with Gasteiger partial charge in [-0.2, -0.15) is 14.9 Å². The number of aromatic nitrogens is 5. The lowest BCUT2D eigenvalue weighted by atomic mass is 10.2. The van der Waals surface area contributed by atoms with Gasteiger partial charge in [-0.25, -0.2) is 4.63 Å². The third-order valence-corrected chi connectivity index (χ3v) is 3.75. The highest BCUT2D eigenvalue weighted by Crippen LogP contribution is 2.15. The molecule has 2 aromatic heterocycles. The standard InChI is InChI=1S/C14H13BrN8O/c1-8(18-17-7-10-3-5-11(15)6-4-10)12-9(2)23(22-19-12)14-13(16)20-24-21-14/h3-7H,1-2H3,(H2,16,20)/b17-7+,18-8+. The molecule has 0 aliphatic rings. The lowest BCUT2D eigenvalue weighted by Gasteiger charge is -1.98. The Kier molecular flexibility index (Phi) is 4.47. The number of halogens is 1. The SMILES string of the molecule is C/C(=N\N=C\c1ccc(Br)cc1)c1nnn(-c2nonc2N)c1C. The molecular weight excluding hydrogens is 376 g/mol. The Morgan fingerprint density at radius 2 is 2.04 bits per heavy atom. The van der Waals surface area contributed by atoms with Crippen LogP contribution in [0.5, 0.6) is 0 Å². The molecule has 2 heterocycles. The molecule has 10 heteroatoms. The monoisotopic (exact) mass is 388 g/mol. The highest BCUT2D eigenvalue weighted by molar-refractivity contribution is 9.10. The van der Waals surface area contributed by atoms with Crippen LogP contribution >= 0.6 is 15.9 Å². The van der Waals surface area contributed by atoms with E-state index in [1.807, 2.05) is 31.2 Å². The van der Waals surface area contributed by atoms with Crippen molar-refractivity contribution in [3.05, 3.63) is 45.7 Å². The van der Waals surface area contributed by atoms with Crippen LogP contribution in [0.1, 0.15) is 23.9 Å². The summed E-state index contributed by atoms with van der Waals surface area (Å²) < 4.78 is 7.03. The fourth-order valence-electron chi connectivity index (χ4n) is 1.98. The third kappa shape index (κ3) is 3.23. The molecular formula is C14H13BrN8O. The van der Waals surface area contributed by atoms with Crippen LogP contribution in [-0.2, 0) is 0 Å². The van der Waals surface area contributed by atoms with Crippen LogP contribution in [0.4, 0.5) is 5.82 Å². The van der Waals surface area contributed by atoms with Crippen molar-refractivity contribution in [2.24, 2.45) is 10.2 Å². The molecule has 0 saturated carbocycles. The molecule has 0 bridgehead atoms. The van der Waals surface area contributed by atoms with Crippen molar-refractivity contribution in [2.75, 3.05) is 5.73 Å². The summed E-state index contributed by atoms with van der Waals surface area (Å²) in [5, 5.41) is 23.6. The molecule has 0 amide bonds. The molecule has 9 nitrogen and oxygen atoms in total. The van der Waals surface area contributed by atoms with Gasteiger partial charge in [0.1, 0.15) is 5.69 Å². The summed E-state index contributed by atoms with van der Waals surface area (Å²) in [6.45, 7) is 3.62. The second-order valence-electron chi connectivity index (χ2n) is 4.89. The molecule has 0 aliphatic heterocycles. The molecule has 0 fully saturated rings. The summed E-state index contributed by atoms with van der Waals surface area (Å²) in [6.07, 6.45) is 1.66. The van der Waals surface area contributed by atoms with Gasteiger partial charge in [0.05, 0.1) is 17.6 Å². The fraction of sp³-hybridized carbons (Fsp3) is 0.143. The van der Waals surface area contributed by atoms with Crippen LogP contribution in [0.15, 0.2) is 43.6 Å². The minimum Gasteiger partial charge on any atom is -0.378 e. The van der Waals surface area contributed by atoms with Crippen LogP contribution in [0.2, 0.25) is 0 Å². The van der Waals surface area contributed by atoms with E-state index in [0.717, 1.165) is 10.0 Å². The van der Waals surface area contributed by atoms with E-state index in [0.29, 0.717) is 17.1 Å². The van der Waals surface area contributed by atoms with Crippen molar-refractivity contribution in [1.29, 1.82) is 0 Å². The maximum Gasteiger partial charge on any atom is 0.243 e. The normalized spacial score (nSPS) is 12.2. The summed E-state index contributed by atoms with van der Waals surface area (Å²) in [4.78, 5) is 0. The Labute approximate surface area is 145 Å². The van der Waals surface area contributed by atoms with Gasteiger partial charge in [0.2, 0.25) is 11.6 Å². The van der Waals surface area contributed by atoms with Crippen LogP contribution < -0.4 is 5.73 Å². The molecule has 0 unspecified atom stereocenters. The smallest absolute Gasteiger partial charge is 0.243 e. The van der Waals surface area contributed by atoms with Crippen molar-refractivity contribution >= 4 is 33.7 Å². The van der Waals surface area contributed by atoms with E-state index in [9.17, 15) is 0 Å². The zero-order chi connectivity index (χ0) is 17.1. The first-order chi connectivity index (χ1) is 11.6. The molecule has 0 radical (unpaired) electrons. The average molecular weight is 389 g/mol. The first kappa shape index (κ1) is 16.0. The van der Waals surface area contributed by atoms with Crippen molar-refractivity contribution in [3.63, 3.8) is 0 Å². The summed E-state index contributed by atoms with van der Waals surface area (Å²) in [5.74, 6) is 0.426. The van der Waals surface area contributed by atoms with Crippen LogP contribution in [-0.4, -0.2) is 37.2 Å². The summed E-state index contributed by atoms with van der Waals surface area (Å²) in [6, 6.07) is 7.73. The summed E-state index contributed by atoms with van der Waals surface area (Å²) in [5.41, 5.74) is 8.52. The lowest BCUT2D eigenvalue weighted by Crippen LogP contribution is -2.04. The molecule has 0 atom stereocenters. The van der Waals surface area contributed by atoms with Gasteiger partial charge in [-0.15, -0.1) is 5.10 Å². The Morgan fingerprint density at radius 1 is 1.29 bits per heavy atom. The highest BCUT2D eigenvalue weighted by Gasteiger charge is 2.17. The Hall–Kier alpha value is -2.88. The molecule has 2 N–H and O–H groups in total. The Bertz CT molecular complexity index is 909. The fourth-order valence-corrected chi connectivity index (χ4v) is 2.25. The highest BCUT2D eigenvalue weighted by atomic mass is 79.9. The average Bonchev–Trinajstić information content (AvgIpc) is 3.14. The number of hydrogen-bond acceptors (Lipinski definition) is 8. The van der Waals surface area contributed by atoms with E-state index in [4.69, 9.17) is 5.73 Å². The van der Waals surface area contributed by atoms with Crippen molar-refractivity contribution in [2.45, 2.75) is 13.8 Å². The second kappa shape index (κ2) is 6.71. The quantitative estimate of drug-likeness (QED) is 0.539. The Balaban J connectivity index is 1.82. The first-order valence-corrected chi connectivity index (χ1v) is 7.70. The van der Waals surface area contributed by atoms with Gasteiger partial charge < -0.3 is 5.73 Å². The van der Waals surface area contributed by atoms with E-state index >= 15 is 0 Å². The Morgan fingerprint density at radius 3 is 2.71 bits per heavy atom. The number of anilines is 1. The molecule has 3 aromatic rings. The molecule has 1 aromatic carbocycles. The molecule has 3 rings (SSSR count). The van der Waals surface area contributed by atoms with E-state index in [2.05, 4.69) is 51.4 Å². The largest absolute Gasteiger partial charge is 0.378 e. The van der Waals surface area contributed by atoms with Crippen LogP contribution in [0.25, 0.3) is 5.82 Å². The van der Waals surface area contributed by atoms with Gasteiger partial charge in [0.15, 0.2) is 0 Å². The van der Waals surface area contributed by atoms with E-state index in [-0.39, 0.29) is 11.6 Å². The lowest BCUT2D eigenvalue weighted by molar-refractivity contribution is 0.306. The zero-order valence-corrected chi connectivity index (χ0v) is 14.5. The summed E-state index contributed by atoms with van der Waals surface area (Å²) in [7, 11) is 0. The predicted octanol–water partition coefficient (Wildman–Crippen LogP) is 2.15. The van der Waals surface area contributed by atoms with Gasteiger partial charge >= 0.3 is 0 Å². The van der Waals surface area contributed by atoms with Gasteiger partial charge in [-0.05, 0) is 41.9 Å². The minimum atomic E-state index is 0.136. The van der Waals surface area contributed by atoms with Crippen molar-refractivity contribution < 1.29 is 4.63 Å². The maximum absolute atomic E-state index is 5.67. The van der Waals surface area contributed by atoms with Gasteiger partial charge in [0.25, 0.3) is 0 Å². The number of nitrogens with two attached hydrogens (primary N) is 1. The maximum atomic E-state index is 5.67. The molecule has 24 heavy (non-hydrogen) atoms. The zero-order valence-electron chi connectivity index (χ0n) is 12.9. The number of nitrogen functional groups attached to an aromatic ring is 1. The first-order valence-electron chi connectivity index (χ1n) is 6.90. The van der Waals surface area contributed by atoms with Crippen molar-refractivity contribution in [1.82, 2.24) is 25.3 Å². The van der Waals surface area contributed by atoms with E-state index < -0.39 is 0 Å². The van der Waals surface area contributed by atoms with E-state index in [1.54, 1.807) is 13.1 Å². The number of rotatable bonds is 4. The van der Waals surface area contributed by atoms with Gasteiger partial charge in [0, 0.05) is 4.47 Å².